The van der Waals surface area contributed by atoms with Gasteiger partial charge >= 0.3 is 12.1 Å². The van der Waals surface area contributed by atoms with Crippen molar-refractivity contribution >= 4 is 16.9 Å². The first-order valence-electron chi connectivity index (χ1n) is 9.25. The van der Waals surface area contributed by atoms with E-state index in [1.165, 1.54) is 18.2 Å². The van der Waals surface area contributed by atoms with E-state index in [1.807, 2.05) is 6.07 Å². The van der Waals surface area contributed by atoms with Crippen molar-refractivity contribution < 1.29 is 27.5 Å². The number of alkyl halides is 3. The van der Waals surface area contributed by atoms with Crippen molar-refractivity contribution in [2.75, 3.05) is 0 Å². The zero-order valence-electron chi connectivity index (χ0n) is 16.2. The first-order chi connectivity index (χ1) is 14.6. The lowest BCUT2D eigenvalue weighted by molar-refractivity contribution is -0.137. The predicted molar refractivity (Wildman–Crippen MR) is 109 cm³/mol. The number of pyridine rings is 1. The molecule has 156 valence electrons. The number of aryl methyl sites for hydroxylation is 1. The Kier molecular flexibility index (Phi) is 4.97. The molecule has 1 heterocycles. The van der Waals surface area contributed by atoms with Crippen molar-refractivity contribution in [3.05, 3.63) is 89.2 Å². The lowest BCUT2D eigenvalue weighted by atomic mass is 9.99. The molecule has 31 heavy (non-hydrogen) atoms. The molecule has 0 bridgehead atoms. The standard InChI is InChI=1S/C24H15F4NO2/c1-13-8-16(10-18(25)9-13)14-2-4-15(5-3-14)22-12-20(23(30)31)19-11-17(24(26,27)28)6-7-21(19)29-22/h2-12H,1H3,(H,30,31). The summed E-state index contributed by atoms with van der Waals surface area (Å²) < 4.78 is 52.8. The van der Waals surface area contributed by atoms with Crippen molar-refractivity contribution in [1.29, 1.82) is 0 Å². The Hall–Kier alpha value is -3.74. The van der Waals surface area contributed by atoms with E-state index in [2.05, 4.69) is 4.98 Å². The highest BCUT2D eigenvalue weighted by atomic mass is 19.4. The molecule has 3 aromatic carbocycles. The summed E-state index contributed by atoms with van der Waals surface area (Å²) in [7, 11) is 0. The van der Waals surface area contributed by atoms with Gasteiger partial charge in [-0.3, -0.25) is 0 Å². The molecule has 0 saturated heterocycles. The molecular formula is C24H15F4NO2. The number of carboxylic acid groups (broad SMARTS) is 1. The fraction of sp³-hybridized carbons (Fsp3) is 0.0833. The molecule has 0 atom stereocenters. The van der Waals surface area contributed by atoms with E-state index in [1.54, 1.807) is 31.2 Å². The summed E-state index contributed by atoms with van der Waals surface area (Å²) in [5.74, 6) is -1.69. The molecule has 0 aliphatic heterocycles. The molecule has 0 unspecified atom stereocenters. The fourth-order valence-electron chi connectivity index (χ4n) is 3.46. The van der Waals surface area contributed by atoms with Crippen molar-refractivity contribution in [3.63, 3.8) is 0 Å². The summed E-state index contributed by atoms with van der Waals surface area (Å²) in [6, 6.07) is 15.7. The minimum atomic E-state index is -4.59. The maximum atomic E-state index is 13.7. The van der Waals surface area contributed by atoms with Crippen LogP contribution in [0.4, 0.5) is 17.6 Å². The number of fused-ring (bicyclic) bond motifs is 1. The van der Waals surface area contributed by atoms with Gasteiger partial charge in [0.1, 0.15) is 5.82 Å². The van der Waals surface area contributed by atoms with Crippen LogP contribution in [0.1, 0.15) is 21.5 Å². The highest BCUT2D eigenvalue weighted by molar-refractivity contribution is 6.04. The number of rotatable bonds is 3. The third kappa shape index (κ3) is 4.12. The van der Waals surface area contributed by atoms with Gasteiger partial charge in [-0.2, -0.15) is 13.2 Å². The Bertz CT molecular complexity index is 1290. The van der Waals surface area contributed by atoms with Gasteiger partial charge in [0.2, 0.25) is 0 Å². The number of aromatic nitrogens is 1. The number of halogens is 4. The van der Waals surface area contributed by atoms with E-state index in [0.29, 0.717) is 16.8 Å². The molecule has 1 N–H and O–H groups in total. The minimum absolute atomic E-state index is 0.0852. The first kappa shape index (κ1) is 20.5. The monoisotopic (exact) mass is 425 g/mol. The van der Waals surface area contributed by atoms with Gasteiger partial charge in [-0.05, 0) is 60.0 Å². The SMILES string of the molecule is Cc1cc(F)cc(-c2ccc(-c3cc(C(=O)O)c4cc(C(F)(F)F)ccc4n3)cc2)c1. The lowest BCUT2D eigenvalue weighted by Gasteiger charge is -2.11. The number of hydrogen-bond donors (Lipinski definition) is 1. The van der Waals surface area contributed by atoms with Crippen LogP contribution in [-0.2, 0) is 6.18 Å². The van der Waals surface area contributed by atoms with Crippen molar-refractivity contribution in [1.82, 2.24) is 4.98 Å². The van der Waals surface area contributed by atoms with Gasteiger partial charge in [-0.25, -0.2) is 14.2 Å². The summed E-state index contributed by atoms with van der Waals surface area (Å²) in [5.41, 5.74) is 2.07. The number of nitrogens with zero attached hydrogens (tertiary/aromatic N) is 1. The van der Waals surface area contributed by atoms with Gasteiger partial charge in [0.25, 0.3) is 0 Å². The first-order valence-corrected chi connectivity index (χ1v) is 9.25. The zero-order chi connectivity index (χ0) is 22.3. The van der Waals surface area contributed by atoms with Crippen LogP contribution in [0.3, 0.4) is 0 Å². The Morgan fingerprint density at radius 3 is 2.16 bits per heavy atom. The minimum Gasteiger partial charge on any atom is -0.478 e. The Balaban J connectivity index is 1.80. The zero-order valence-corrected chi connectivity index (χ0v) is 16.2. The van der Waals surface area contributed by atoms with Crippen LogP contribution in [0.15, 0.2) is 66.7 Å². The summed E-state index contributed by atoms with van der Waals surface area (Å²) >= 11 is 0. The second kappa shape index (κ2) is 7.50. The Morgan fingerprint density at radius 2 is 1.55 bits per heavy atom. The summed E-state index contributed by atoms with van der Waals surface area (Å²) in [5, 5.41) is 9.46. The van der Waals surface area contributed by atoms with Gasteiger partial charge in [0, 0.05) is 10.9 Å². The number of aromatic carboxylic acids is 1. The van der Waals surface area contributed by atoms with E-state index >= 15 is 0 Å². The number of carbonyl (C=O) groups is 1. The lowest BCUT2D eigenvalue weighted by Crippen LogP contribution is -2.06. The molecule has 0 radical (unpaired) electrons. The molecule has 0 aliphatic carbocycles. The second-order valence-corrected chi connectivity index (χ2v) is 7.18. The van der Waals surface area contributed by atoms with Gasteiger partial charge in [0.15, 0.2) is 0 Å². The molecule has 4 aromatic rings. The van der Waals surface area contributed by atoms with E-state index in [4.69, 9.17) is 0 Å². The van der Waals surface area contributed by atoms with E-state index in [9.17, 15) is 27.5 Å². The van der Waals surface area contributed by atoms with Crippen LogP contribution < -0.4 is 0 Å². The topological polar surface area (TPSA) is 50.2 Å². The van der Waals surface area contributed by atoms with Crippen LogP contribution in [0.5, 0.6) is 0 Å². The second-order valence-electron chi connectivity index (χ2n) is 7.18. The van der Waals surface area contributed by atoms with Crippen LogP contribution in [0.25, 0.3) is 33.3 Å². The van der Waals surface area contributed by atoms with Crippen molar-refractivity contribution in [2.45, 2.75) is 13.1 Å². The van der Waals surface area contributed by atoms with Crippen LogP contribution in [0, 0.1) is 12.7 Å². The fourth-order valence-corrected chi connectivity index (χ4v) is 3.46. The molecule has 0 aliphatic rings. The number of benzene rings is 3. The van der Waals surface area contributed by atoms with E-state index < -0.39 is 17.7 Å². The van der Waals surface area contributed by atoms with Gasteiger partial charge in [-0.15, -0.1) is 0 Å². The van der Waals surface area contributed by atoms with Crippen molar-refractivity contribution in [3.8, 4) is 22.4 Å². The predicted octanol–water partition coefficient (Wildman–Crippen LogP) is 6.73. The molecule has 0 saturated carbocycles. The highest BCUT2D eigenvalue weighted by Crippen LogP contribution is 2.34. The molecule has 0 amide bonds. The summed E-state index contributed by atoms with van der Waals surface area (Å²) in [6.07, 6.45) is -4.59. The van der Waals surface area contributed by atoms with Crippen LogP contribution in [0.2, 0.25) is 0 Å². The van der Waals surface area contributed by atoms with E-state index in [0.717, 1.165) is 29.3 Å². The third-order valence-corrected chi connectivity index (χ3v) is 4.92. The molecular weight excluding hydrogens is 410 g/mol. The maximum Gasteiger partial charge on any atom is 0.416 e. The normalized spacial score (nSPS) is 11.6. The molecule has 3 nitrogen and oxygen atoms in total. The molecule has 4 rings (SSSR count). The Morgan fingerprint density at radius 1 is 0.871 bits per heavy atom. The summed E-state index contributed by atoms with van der Waals surface area (Å²) in [6.45, 7) is 1.79. The van der Waals surface area contributed by atoms with Crippen molar-refractivity contribution in [2.24, 2.45) is 0 Å². The third-order valence-electron chi connectivity index (χ3n) is 4.92. The van der Waals surface area contributed by atoms with Gasteiger partial charge in [0.05, 0.1) is 22.3 Å². The smallest absolute Gasteiger partial charge is 0.416 e. The highest BCUT2D eigenvalue weighted by Gasteiger charge is 2.31. The number of hydrogen-bond acceptors (Lipinski definition) is 2. The molecule has 0 spiro atoms. The quantitative estimate of drug-likeness (QED) is 0.370. The molecule has 7 heteroatoms. The largest absolute Gasteiger partial charge is 0.478 e. The Labute approximate surface area is 174 Å². The van der Waals surface area contributed by atoms with E-state index in [-0.39, 0.29) is 22.3 Å². The average Bonchev–Trinajstić information content (AvgIpc) is 2.71. The number of carboxylic acids is 1. The van der Waals surface area contributed by atoms with Crippen LogP contribution >= 0.6 is 0 Å². The van der Waals surface area contributed by atoms with Gasteiger partial charge in [-0.1, -0.05) is 30.3 Å². The molecule has 1 aromatic heterocycles. The molecule has 0 fully saturated rings. The summed E-state index contributed by atoms with van der Waals surface area (Å²) in [4.78, 5) is 16.1. The van der Waals surface area contributed by atoms with Crippen LogP contribution in [-0.4, -0.2) is 16.1 Å². The average molecular weight is 425 g/mol. The van der Waals surface area contributed by atoms with Gasteiger partial charge < -0.3 is 5.11 Å². The maximum absolute atomic E-state index is 13.7.